The first-order chi connectivity index (χ1) is 6.40. The van der Waals surface area contributed by atoms with Gasteiger partial charge in [0.2, 0.25) is 0 Å². The molecule has 0 bridgehead atoms. The average Bonchev–Trinajstić information content (AvgIpc) is 2.01. The van der Waals surface area contributed by atoms with Crippen molar-refractivity contribution in [2.45, 2.75) is 13.3 Å². The van der Waals surface area contributed by atoms with E-state index in [9.17, 15) is 4.79 Å². The van der Waals surface area contributed by atoms with Gasteiger partial charge in [0, 0.05) is 5.92 Å². The summed E-state index contributed by atoms with van der Waals surface area (Å²) in [5.74, 6) is 0.409. The molecule has 0 aliphatic heterocycles. The van der Waals surface area contributed by atoms with Crippen LogP contribution in [0.25, 0.3) is 0 Å². The molecular weight excluding hydrogens is 174 g/mol. The molecule has 0 saturated carbocycles. The van der Waals surface area contributed by atoms with Crippen LogP contribution in [0.4, 0.5) is 0 Å². The number of allylic oxidation sites excluding steroid dienone is 3. The van der Waals surface area contributed by atoms with E-state index < -0.39 is 0 Å². The molecule has 2 nitrogen and oxygen atoms in total. The van der Waals surface area contributed by atoms with Gasteiger partial charge in [-0.25, -0.2) is 0 Å². The first-order valence-corrected chi connectivity index (χ1v) is 5.06. The highest BCUT2D eigenvalue weighted by atomic mass is 16.1. The van der Waals surface area contributed by atoms with Gasteiger partial charge in [0.25, 0.3) is 0 Å². The van der Waals surface area contributed by atoms with Crippen LogP contribution in [0, 0.1) is 5.92 Å². The molecule has 0 spiro atoms. The summed E-state index contributed by atoms with van der Waals surface area (Å²) in [6, 6.07) is 0. The average molecular weight is 194 g/mol. The molecule has 1 rings (SSSR count). The topological polar surface area (TPSA) is 17.1 Å². The molecule has 0 amide bonds. The maximum Gasteiger partial charge on any atom is 0.137 e. The Morgan fingerprint density at radius 3 is 2.64 bits per heavy atom. The van der Waals surface area contributed by atoms with Crippen molar-refractivity contribution in [1.82, 2.24) is 0 Å². The van der Waals surface area contributed by atoms with Gasteiger partial charge >= 0.3 is 0 Å². The number of hydrogen-bond acceptors (Lipinski definition) is 1. The molecule has 1 unspecified atom stereocenters. The molecular formula is C12H20NO+. The van der Waals surface area contributed by atoms with Crippen LogP contribution in [0.15, 0.2) is 23.8 Å². The van der Waals surface area contributed by atoms with Gasteiger partial charge in [-0.2, -0.15) is 0 Å². The third-order valence-electron chi connectivity index (χ3n) is 2.41. The summed E-state index contributed by atoms with van der Waals surface area (Å²) >= 11 is 0. The molecule has 0 saturated heterocycles. The number of likely N-dealkylation sites (N-methyl/N-ethyl adjacent to an activating group) is 1. The molecule has 1 aliphatic rings. The maximum absolute atomic E-state index is 11.4. The Kier molecular flexibility index (Phi) is 3.27. The number of nitrogens with zero attached hydrogens (tertiary/aromatic N) is 1. The molecule has 2 heteroatoms. The quantitative estimate of drug-likeness (QED) is 0.626. The minimum atomic E-state index is 0.123. The van der Waals surface area contributed by atoms with Crippen LogP contribution in [0.3, 0.4) is 0 Å². The van der Waals surface area contributed by atoms with Gasteiger partial charge in [-0.3, -0.25) is 4.79 Å². The second kappa shape index (κ2) is 4.09. The zero-order chi connectivity index (χ0) is 10.8. The third kappa shape index (κ3) is 3.11. The Morgan fingerprint density at radius 1 is 1.50 bits per heavy atom. The number of hydrogen-bond donors (Lipinski definition) is 0. The summed E-state index contributed by atoms with van der Waals surface area (Å²) in [6.07, 6.45) is 7.11. The van der Waals surface area contributed by atoms with Gasteiger partial charge in [-0.05, 0) is 18.9 Å². The van der Waals surface area contributed by atoms with Gasteiger partial charge < -0.3 is 4.48 Å². The highest BCUT2D eigenvalue weighted by Gasteiger charge is 2.23. The highest BCUT2D eigenvalue weighted by Crippen LogP contribution is 2.22. The van der Waals surface area contributed by atoms with Crippen molar-refractivity contribution in [3.8, 4) is 0 Å². The SMILES string of the molecule is CC(=O)C1CC=CC=C1C[N+](C)(C)C. The first-order valence-electron chi connectivity index (χ1n) is 5.06. The van der Waals surface area contributed by atoms with Crippen LogP contribution >= 0.6 is 0 Å². The molecule has 1 atom stereocenters. The summed E-state index contributed by atoms with van der Waals surface area (Å²) < 4.78 is 0.878. The van der Waals surface area contributed by atoms with E-state index in [0.29, 0.717) is 0 Å². The van der Waals surface area contributed by atoms with Crippen LogP contribution in [0.2, 0.25) is 0 Å². The van der Waals surface area contributed by atoms with Crippen molar-refractivity contribution in [3.05, 3.63) is 23.8 Å². The standard InChI is InChI=1S/C12H20NO/c1-10(14)12-8-6-5-7-11(12)9-13(2,3)4/h5-7,12H,8-9H2,1-4H3/q+1. The van der Waals surface area contributed by atoms with Crippen LogP contribution in [0.5, 0.6) is 0 Å². The predicted octanol–water partition coefficient (Wildman–Crippen LogP) is 1.78. The zero-order valence-electron chi connectivity index (χ0n) is 9.58. The minimum absolute atomic E-state index is 0.123. The molecule has 78 valence electrons. The van der Waals surface area contributed by atoms with Crippen molar-refractivity contribution in [2.24, 2.45) is 5.92 Å². The molecule has 0 radical (unpaired) electrons. The predicted molar refractivity (Wildman–Crippen MR) is 58.9 cm³/mol. The minimum Gasteiger partial charge on any atom is -0.327 e. The normalized spacial score (nSPS) is 22.0. The zero-order valence-corrected chi connectivity index (χ0v) is 9.58. The number of carbonyl (C=O) groups excluding carboxylic acids is 1. The number of Topliss-reactive ketones (excluding diaryl/α,β-unsaturated/α-hetero) is 1. The lowest BCUT2D eigenvalue weighted by molar-refractivity contribution is -0.865. The molecule has 0 aromatic heterocycles. The lowest BCUT2D eigenvalue weighted by Crippen LogP contribution is -2.38. The highest BCUT2D eigenvalue weighted by molar-refractivity contribution is 5.81. The second-order valence-corrected chi connectivity index (χ2v) is 5.02. The Bertz CT molecular complexity index is 281. The van der Waals surface area contributed by atoms with Gasteiger partial charge in [-0.15, -0.1) is 0 Å². The number of carbonyl (C=O) groups is 1. The smallest absolute Gasteiger partial charge is 0.137 e. The van der Waals surface area contributed by atoms with E-state index in [1.807, 2.05) is 0 Å². The van der Waals surface area contributed by atoms with Crippen molar-refractivity contribution >= 4 is 5.78 Å². The maximum atomic E-state index is 11.4. The summed E-state index contributed by atoms with van der Waals surface area (Å²) in [7, 11) is 6.45. The van der Waals surface area contributed by atoms with Crippen molar-refractivity contribution in [1.29, 1.82) is 0 Å². The largest absolute Gasteiger partial charge is 0.327 e. The first kappa shape index (κ1) is 11.2. The van der Waals surface area contributed by atoms with Gasteiger partial charge in [-0.1, -0.05) is 18.2 Å². The Balaban J connectivity index is 2.77. The lowest BCUT2D eigenvalue weighted by atomic mass is 9.88. The number of rotatable bonds is 3. The molecule has 0 aromatic carbocycles. The van der Waals surface area contributed by atoms with Crippen LogP contribution in [-0.2, 0) is 4.79 Å². The molecule has 1 aliphatic carbocycles. The fourth-order valence-corrected chi connectivity index (χ4v) is 1.81. The van der Waals surface area contributed by atoms with Crippen molar-refractivity contribution in [3.63, 3.8) is 0 Å². The summed E-state index contributed by atoms with van der Waals surface area (Å²) in [4.78, 5) is 11.4. The fraction of sp³-hybridized carbons (Fsp3) is 0.583. The molecule has 0 heterocycles. The Morgan fingerprint density at radius 2 is 2.14 bits per heavy atom. The van der Waals surface area contributed by atoms with E-state index in [1.54, 1.807) is 6.92 Å². The molecule has 0 N–H and O–H groups in total. The van der Waals surface area contributed by atoms with Crippen LogP contribution in [-0.4, -0.2) is 38.0 Å². The Hall–Kier alpha value is -0.890. The van der Waals surface area contributed by atoms with Crippen molar-refractivity contribution < 1.29 is 9.28 Å². The van der Waals surface area contributed by atoms with Crippen LogP contribution in [0.1, 0.15) is 13.3 Å². The summed E-state index contributed by atoms with van der Waals surface area (Å²) in [6.45, 7) is 2.64. The monoisotopic (exact) mass is 194 g/mol. The van der Waals surface area contributed by atoms with Gasteiger partial charge in [0.1, 0.15) is 12.3 Å². The number of quaternary nitrogens is 1. The number of ketones is 1. The molecule has 0 aromatic rings. The second-order valence-electron chi connectivity index (χ2n) is 5.02. The van der Waals surface area contributed by atoms with E-state index in [4.69, 9.17) is 0 Å². The van der Waals surface area contributed by atoms with E-state index in [0.717, 1.165) is 17.4 Å². The van der Waals surface area contributed by atoms with Gasteiger partial charge in [0.15, 0.2) is 0 Å². The van der Waals surface area contributed by atoms with Crippen molar-refractivity contribution in [2.75, 3.05) is 27.7 Å². The lowest BCUT2D eigenvalue weighted by Gasteiger charge is -2.28. The fourth-order valence-electron chi connectivity index (χ4n) is 1.81. The Labute approximate surface area is 86.5 Å². The van der Waals surface area contributed by atoms with E-state index in [2.05, 4.69) is 39.4 Å². The molecule has 0 fully saturated rings. The van der Waals surface area contributed by atoms with Gasteiger partial charge in [0.05, 0.1) is 21.1 Å². The third-order valence-corrected chi connectivity index (χ3v) is 2.41. The van der Waals surface area contributed by atoms with Crippen LogP contribution < -0.4 is 0 Å². The summed E-state index contributed by atoms with van der Waals surface area (Å²) in [5.41, 5.74) is 1.27. The van der Waals surface area contributed by atoms with E-state index >= 15 is 0 Å². The van der Waals surface area contributed by atoms with E-state index in [1.165, 1.54) is 5.57 Å². The summed E-state index contributed by atoms with van der Waals surface area (Å²) in [5, 5.41) is 0. The molecule has 14 heavy (non-hydrogen) atoms. The van der Waals surface area contributed by atoms with E-state index in [-0.39, 0.29) is 11.7 Å².